The molecule has 2 aliphatic rings. The third-order valence-corrected chi connectivity index (χ3v) is 6.37. The summed E-state index contributed by atoms with van der Waals surface area (Å²) in [5, 5.41) is 1.39. The first-order chi connectivity index (χ1) is 13.8. The van der Waals surface area contributed by atoms with Crippen LogP contribution < -0.4 is 0 Å². The summed E-state index contributed by atoms with van der Waals surface area (Å²) in [5.41, 5.74) is 5.02. The average Bonchev–Trinajstić information content (AvgIpc) is 3.10. The molecule has 144 valence electrons. The number of aromatic amines is 1. The van der Waals surface area contributed by atoms with Gasteiger partial charge in [-0.05, 0) is 31.0 Å². The van der Waals surface area contributed by atoms with Crippen LogP contribution in [0.4, 0.5) is 0 Å². The van der Waals surface area contributed by atoms with Gasteiger partial charge in [0.25, 0.3) is 0 Å². The maximum absolute atomic E-state index is 12.3. The Labute approximate surface area is 166 Å². The molecule has 1 atom stereocenters. The fraction of sp³-hybridized carbons (Fsp3) is 0.375. The van der Waals surface area contributed by atoms with Gasteiger partial charge in [0.2, 0.25) is 0 Å². The first-order valence-corrected chi connectivity index (χ1v) is 10.4. The number of benzene rings is 2. The number of piperazine rings is 1. The summed E-state index contributed by atoms with van der Waals surface area (Å²) in [5.74, 6) is 0.264. The molecule has 3 heterocycles. The first-order valence-electron chi connectivity index (χ1n) is 10.4. The van der Waals surface area contributed by atoms with Crippen LogP contribution >= 0.6 is 0 Å². The molecule has 0 bridgehead atoms. The van der Waals surface area contributed by atoms with Gasteiger partial charge in [0.15, 0.2) is 5.78 Å². The molecule has 1 aromatic heterocycles. The lowest BCUT2D eigenvalue weighted by molar-refractivity contribution is 0.0588. The number of nitrogens with one attached hydrogen (secondary N) is 1. The van der Waals surface area contributed by atoms with Gasteiger partial charge in [0, 0.05) is 60.8 Å². The van der Waals surface area contributed by atoms with Gasteiger partial charge in [0.1, 0.15) is 0 Å². The van der Waals surface area contributed by atoms with E-state index < -0.39 is 0 Å². The van der Waals surface area contributed by atoms with Crippen molar-refractivity contribution in [3.63, 3.8) is 0 Å². The van der Waals surface area contributed by atoms with E-state index in [2.05, 4.69) is 39.0 Å². The van der Waals surface area contributed by atoms with E-state index >= 15 is 0 Å². The lowest BCUT2D eigenvalue weighted by Crippen LogP contribution is -2.55. The third-order valence-electron chi connectivity index (χ3n) is 6.37. The lowest BCUT2D eigenvalue weighted by atomic mass is 9.94. The zero-order valence-corrected chi connectivity index (χ0v) is 16.2. The number of H-pyrrole nitrogens is 1. The summed E-state index contributed by atoms with van der Waals surface area (Å²) in [6.07, 6.45) is 2.71. The average molecular weight is 374 g/mol. The minimum Gasteiger partial charge on any atom is -0.357 e. The van der Waals surface area contributed by atoms with Gasteiger partial charge >= 0.3 is 0 Å². The summed E-state index contributed by atoms with van der Waals surface area (Å²) in [6, 6.07) is 18.9. The van der Waals surface area contributed by atoms with Crippen molar-refractivity contribution >= 4 is 16.7 Å². The van der Waals surface area contributed by atoms with Crippen LogP contribution in [0.25, 0.3) is 10.9 Å². The van der Waals surface area contributed by atoms with E-state index in [1.807, 2.05) is 30.3 Å². The molecule has 5 rings (SSSR count). The second-order valence-corrected chi connectivity index (χ2v) is 8.15. The number of aromatic nitrogens is 1. The predicted molar refractivity (Wildman–Crippen MR) is 113 cm³/mol. The number of rotatable bonds is 5. The van der Waals surface area contributed by atoms with E-state index in [1.54, 1.807) is 0 Å². The summed E-state index contributed by atoms with van der Waals surface area (Å²) in [7, 11) is 0. The van der Waals surface area contributed by atoms with E-state index in [-0.39, 0.29) is 5.78 Å². The highest BCUT2D eigenvalue weighted by Crippen LogP contribution is 2.31. The summed E-state index contributed by atoms with van der Waals surface area (Å²) < 4.78 is 0. The van der Waals surface area contributed by atoms with Crippen LogP contribution in [0.2, 0.25) is 0 Å². The number of ketones is 1. The Bertz CT molecular complexity index is 978. The number of para-hydroxylation sites is 1. The van der Waals surface area contributed by atoms with Crippen molar-refractivity contribution in [2.45, 2.75) is 31.8 Å². The molecule has 1 fully saturated rings. The lowest BCUT2D eigenvalue weighted by Gasteiger charge is -2.44. The molecule has 1 saturated heterocycles. The van der Waals surface area contributed by atoms with Crippen molar-refractivity contribution in [1.82, 2.24) is 14.8 Å². The number of carbonyl (C=O) groups excluding carboxylic acids is 1. The Morgan fingerprint density at radius 3 is 2.75 bits per heavy atom. The molecule has 1 N–H and O–H groups in total. The quantitative estimate of drug-likeness (QED) is 0.690. The molecule has 3 aromatic rings. The normalized spacial score (nSPS) is 20.1. The Hall–Kier alpha value is -2.43. The number of hydrogen-bond acceptors (Lipinski definition) is 3. The van der Waals surface area contributed by atoms with E-state index in [0.29, 0.717) is 12.5 Å². The third kappa shape index (κ3) is 3.38. The van der Waals surface area contributed by atoms with Crippen molar-refractivity contribution in [3.8, 4) is 0 Å². The molecule has 28 heavy (non-hydrogen) atoms. The molecule has 0 radical (unpaired) electrons. The molecular formula is C24H27N3O. The van der Waals surface area contributed by atoms with Crippen LogP contribution in [-0.2, 0) is 13.0 Å². The zero-order valence-electron chi connectivity index (χ0n) is 16.2. The SMILES string of the molecule is O=C(CCCN1CCN2Cc3[nH]c4ccccc4c3CC2C1)c1ccccc1. The van der Waals surface area contributed by atoms with Gasteiger partial charge < -0.3 is 9.88 Å². The van der Waals surface area contributed by atoms with E-state index in [1.165, 1.54) is 22.2 Å². The number of fused-ring (bicyclic) bond motifs is 4. The molecule has 2 aliphatic heterocycles. The molecule has 0 spiro atoms. The van der Waals surface area contributed by atoms with Gasteiger partial charge in [-0.25, -0.2) is 0 Å². The molecule has 4 nitrogen and oxygen atoms in total. The minimum atomic E-state index is 0.264. The van der Waals surface area contributed by atoms with Crippen LogP contribution in [-0.4, -0.2) is 52.8 Å². The summed E-state index contributed by atoms with van der Waals surface area (Å²) in [6.45, 7) is 5.38. The Balaban J connectivity index is 1.19. The Morgan fingerprint density at radius 2 is 1.86 bits per heavy atom. The topological polar surface area (TPSA) is 39.3 Å². The molecule has 2 aromatic carbocycles. The fourth-order valence-corrected chi connectivity index (χ4v) is 4.86. The van der Waals surface area contributed by atoms with Gasteiger partial charge in [-0.1, -0.05) is 48.5 Å². The maximum atomic E-state index is 12.3. The molecule has 1 unspecified atom stereocenters. The first kappa shape index (κ1) is 17.7. The van der Waals surface area contributed by atoms with Gasteiger partial charge in [0.05, 0.1) is 0 Å². The number of nitrogens with zero attached hydrogens (tertiary/aromatic N) is 2. The second kappa shape index (κ2) is 7.53. The van der Waals surface area contributed by atoms with Crippen molar-refractivity contribution in [3.05, 3.63) is 71.4 Å². The van der Waals surface area contributed by atoms with Crippen molar-refractivity contribution < 1.29 is 4.79 Å². The predicted octanol–water partition coefficient (Wildman–Crippen LogP) is 3.87. The van der Waals surface area contributed by atoms with E-state index in [4.69, 9.17) is 0 Å². The largest absolute Gasteiger partial charge is 0.357 e. The highest BCUT2D eigenvalue weighted by molar-refractivity contribution is 5.95. The number of hydrogen-bond donors (Lipinski definition) is 1. The van der Waals surface area contributed by atoms with Crippen LogP contribution in [0.15, 0.2) is 54.6 Å². The van der Waals surface area contributed by atoms with Crippen molar-refractivity contribution in [2.24, 2.45) is 0 Å². The van der Waals surface area contributed by atoms with Gasteiger partial charge in [-0.3, -0.25) is 9.69 Å². The Kier molecular flexibility index (Phi) is 4.75. The van der Waals surface area contributed by atoms with Crippen molar-refractivity contribution in [1.29, 1.82) is 0 Å². The maximum Gasteiger partial charge on any atom is 0.162 e. The Morgan fingerprint density at radius 1 is 1.04 bits per heavy atom. The van der Waals surface area contributed by atoms with Crippen LogP contribution in [0.5, 0.6) is 0 Å². The molecular weight excluding hydrogens is 346 g/mol. The van der Waals surface area contributed by atoms with E-state index in [0.717, 1.165) is 51.1 Å². The van der Waals surface area contributed by atoms with Crippen LogP contribution in [0.1, 0.15) is 34.5 Å². The highest BCUT2D eigenvalue weighted by atomic mass is 16.1. The molecule has 0 aliphatic carbocycles. The number of Topliss-reactive ketones (excluding diaryl/α,β-unsaturated/α-hetero) is 1. The smallest absolute Gasteiger partial charge is 0.162 e. The molecule has 4 heteroatoms. The summed E-state index contributed by atoms with van der Waals surface area (Å²) >= 11 is 0. The molecule has 0 amide bonds. The fourth-order valence-electron chi connectivity index (χ4n) is 4.86. The monoisotopic (exact) mass is 373 g/mol. The van der Waals surface area contributed by atoms with Crippen LogP contribution in [0, 0.1) is 0 Å². The highest BCUT2D eigenvalue weighted by Gasteiger charge is 2.32. The minimum absolute atomic E-state index is 0.264. The molecule has 0 saturated carbocycles. The zero-order chi connectivity index (χ0) is 18.9. The number of carbonyl (C=O) groups is 1. The second-order valence-electron chi connectivity index (χ2n) is 8.15. The van der Waals surface area contributed by atoms with Gasteiger partial charge in [-0.15, -0.1) is 0 Å². The standard InChI is InChI=1S/C24H27N3O/c28-24(18-7-2-1-3-8-18)11-6-12-26-13-14-27-17-23-21(15-19(27)16-26)20-9-4-5-10-22(20)25-23/h1-5,7-10,19,25H,6,11-17H2. The van der Waals surface area contributed by atoms with E-state index in [9.17, 15) is 4.79 Å². The van der Waals surface area contributed by atoms with Crippen LogP contribution in [0.3, 0.4) is 0 Å². The van der Waals surface area contributed by atoms with Gasteiger partial charge in [-0.2, -0.15) is 0 Å². The van der Waals surface area contributed by atoms with Crippen molar-refractivity contribution in [2.75, 3.05) is 26.2 Å². The summed E-state index contributed by atoms with van der Waals surface area (Å²) in [4.78, 5) is 21.1.